The summed E-state index contributed by atoms with van der Waals surface area (Å²) >= 11 is 0. The number of carbonyl (C=O) groups is 3. The van der Waals surface area contributed by atoms with Crippen LogP contribution in [0.2, 0.25) is 0 Å². The van der Waals surface area contributed by atoms with Gasteiger partial charge in [0.25, 0.3) is 0 Å². The van der Waals surface area contributed by atoms with Crippen molar-refractivity contribution in [3.05, 3.63) is 11.6 Å². The van der Waals surface area contributed by atoms with Crippen LogP contribution in [0.3, 0.4) is 0 Å². The summed E-state index contributed by atoms with van der Waals surface area (Å²) in [4.78, 5) is 33.8. The van der Waals surface area contributed by atoms with E-state index in [-0.39, 0.29) is 0 Å². The number of barbiturate groups is 1. The van der Waals surface area contributed by atoms with E-state index in [1.807, 2.05) is 6.08 Å². The van der Waals surface area contributed by atoms with Crippen molar-refractivity contribution in [2.75, 3.05) is 0 Å². The number of hydrogen-bond donors (Lipinski definition) is 2. The van der Waals surface area contributed by atoms with Gasteiger partial charge in [-0.2, -0.15) is 0 Å². The number of imide groups is 2. The molecular weight excluding hydrogens is 196 g/mol. The van der Waals surface area contributed by atoms with Gasteiger partial charge in [0, 0.05) is 0 Å². The highest BCUT2D eigenvalue weighted by atomic mass is 16.2. The molecule has 4 amide bonds. The van der Waals surface area contributed by atoms with Crippen molar-refractivity contribution in [1.82, 2.24) is 10.6 Å². The minimum absolute atomic E-state index is 0.503. The normalized spacial score (nSPS) is 23.2. The summed E-state index contributed by atoms with van der Waals surface area (Å²) in [5.41, 5.74) is 0.837. The van der Waals surface area contributed by atoms with Gasteiger partial charge >= 0.3 is 6.03 Å². The van der Waals surface area contributed by atoms with Crippen LogP contribution in [0.15, 0.2) is 11.6 Å². The number of hydrogen-bond acceptors (Lipinski definition) is 3. The predicted octanol–water partition coefficient (Wildman–Crippen LogP) is 0.469. The molecule has 0 aromatic carbocycles. The molecule has 2 rings (SSSR count). The number of nitrogens with one attached hydrogen (secondary N) is 2. The van der Waals surface area contributed by atoms with Gasteiger partial charge < -0.3 is 0 Å². The van der Waals surface area contributed by atoms with Crippen molar-refractivity contribution in [2.45, 2.75) is 25.7 Å². The Labute approximate surface area is 86.9 Å². The molecule has 1 heterocycles. The summed E-state index contributed by atoms with van der Waals surface area (Å²) in [6.07, 6.45) is 5.69. The van der Waals surface area contributed by atoms with Gasteiger partial charge in [-0.25, -0.2) is 4.79 Å². The number of allylic oxidation sites excluding steroid dienone is 1. The molecule has 1 aliphatic carbocycles. The molecule has 2 N–H and O–H groups in total. The van der Waals surface area contributed by atoms with Gasteiger partial charge in [-0.1, -0.05) is 11.6 Å². The summed E-state index contributed by atoms with van der Waals surface area (Å²) in [6.45, 7) is 0. The van der Waals surface area contributed by atoms with E-state index in [0.717, 1.165) is 31.3 Å². The highest BCUT2D eigenvalue weighted by Crippen LogP contribution is 2.25. The van der Waals surface area contributed by atoms with Crippen molar-refractivity contribution in [1.29, 1.82) is 0 Å². The van der Waals surface area contributed by atoms with E-state index < -0.39 is 23.8 Å². The zero-order chi connectivity index (χ0) is 10.8. The number of rotatable bonds is 1. The Bertz CT molecular complexity index is 340. The van der Waals surface area contributed by atoms with E-state index in [0.29, 0.717) is 0 Å². The van der Waals surface area contributed by atoms with Crippen LogP contribution in [0.1, 0.15) is 25.7 Å². The average molecular weight is 208 g/mol. The Balaban J connectivity index is 2.20. The lowest BCUT2D eigenvalue weighted by molar-refractivity contribution is -0.134. The molecule has 1 fully saturated rings. The monoisotopic (exact) mass is 208 g/mol. The Kier molecular flexibility index (Phi) is 2.53. The molecule has 0 saturated carbocycles. The van der Waals surface area contributed by atoms with Crippen molar-refractivity contribution >= 4 is 17.8 Å². The third-order valence-corrected chi connectivity index (χ3v) is 2.69. The molecule has 15 heavy (non-hydrogen) atoms. The molecule has 1 aliphatic heterocycles. The van der Waals surface area contributed by atoms with Crippen LogP contribution in [-0.4, -0.2) is 17.8 Å². The van der Waals surface area contributed by atoms with E-state index in [1.165, 1.54) is 0 Å². The van der Waals surface area contributed by atoms with Crippen LogP contribution in [0, 0.1) is 5.92 Å². The maximum Gasteiger partial charge on any atom is 0.328 e. The zero-order valence-electron chi connectivity index (χ0n) is 8.21. The second kappa shape index (κ2) is 3.84. The van der Waals surface area contributed by atoms with Crippen molar-refractivity contribution in [3.63, 3.8) is 0 Å². The fourth-order valence-corrected chi connectivity index (χ4v) is 1.98. The second-order valence-corrected chi connectivity index (χ2v) is 3.77. The topological polar surface area (TPSA) is 75.3 Å². The first-order valence-electron chi connectivity index (χ1n) is 5.03. The SMILES string of the molecule is O=C1NC(=O)C(C2=CCCCC2)C(=O)N1. The Morgan fingerprint density at radius 1 is 1.07 bits per heavy atom. The zero-order valence-corrected chi connectivity index (χ0v) is 8.21. The largest absolute Gasteiger partial charge is 0.328 e. The minimum Gasteiger partial charge on any atom is -0.277 e. The van der Waals surface area contributed by atoms with Gasteiger partial charge in [0.15, 0.2) is 0 Å². The Morgan fingerprint density at radius 3 is 2.27 bits per heavy atom. The van der Waals surface area contributed by atoms with E-state index >= 15 is 0 Å². The van der Waals surface area contributed by atoms with Crippen LogP contribution in [0.4, 0.5) is 4.79 Å². The van der Waals surface area contributed by atoms with E-state index in [4.69, 9.17) is 0 Å². The van der Waals surface area contributed by atoms with E-state index in [9.17, 15) is 14.4 Å². The van der Waals surface area contributed by atoms with Gasteiger partial charge in [0.05, 0.1) is 0 Å². The van der Waals surface area contributed by atoms with Crippen molar-refractivity contribution in [3.8, 4) is 0 Å². The van der Waals surface area contributed by atoms with Gasteiger partial charge in [0.2, 0.25) is 11.8 Å². The highest BCUT2D eigenvalue weighted by molar-refractivity contribution is 6.17. The fraction of sp³-hybridized carbons (Fsp3) is 0.500. The molecular formula is C10H12N2O3. The Morgan fingerprint density at radius 2 is 1.73 bits per heavy atom. The summed E-state index contributed by atoms with van der Waals surface area (Å²) in [5.74, 6) is -1.81. The van der Waals surface area contributed by atoms with Crippen LogP contribution in [0.25, 0.3) is 0 Å². The van der Waals surface area contributed by atoms with Gasteiger partial charge in [0.1, 0.15) is 5.92 Å². The van der Waals surface area contributed by atoms with Crippen molar-refractivity contribution in [2.24, 2.45) is 5.92 Å². The number of amides is 4. The quantitative estimate of drug-likeness (QED) is 0.486. The smallest absolute Gasteiger partial charge is 0.277 e. The number of carbonyl (C=O) groups excluding carboxylic acids is 3. The molecule has 0 atom stereocenters. The van der Waals surface area contributed by atoms with Crippen LogP contribution in [-0.2, 0) is 9.59 Å². The molecule has 0 unspecified atom stereocenters. The average Bonchev–Trinajstić information content (AvgIpc) is 2.17. The standard InChI is InChI=1S/C10H12N2O3/c13-8-7(6-4-2-1-3-5-6)9(14)12-10(15)11-8/h4,7H,1-3,5H2,(H2,11,12,13,14,15). The van der Waals surface area contributed by atoms with Crippen LogP contribution < -0.4 is 10.6 Å². The highest BCUT2D eigenvalue weighted by Gasteiger charge is 2.36. The first kappa shape index (κ1) is 9.89. The molecule has 0 aromatic rings. The maximum absolute atomic E-state index is 11.5. The van der Waals surface area contributed by atoms with E-state index in [2.05, 4.69) is 10.6 Å². The Hall–Kier alpha value is -1.65. The lowest BCUT2D eigenvalue weighted by Crippen LogP contribution is -2.56. The molecule has 1 saturated heterocycles. The molecule has 0 spiro atoms. The first-order chi connectivity index (χ1) is 7.18. The molecule has 0 radical (unpaired) electrons. The van der Waals surface area contributed by atoms with E-state index in [1.54, 1.807) is 0 Å². The first-order valence-corrected chi connectivity index (χ1v) is 5.03. The lowest BCUT2D eigenvalue weighted by Gasteiger charge is -2.24. The maximum atomic E-state index is 11.5. The molecule has 2 aliphatic rings. The van der Waals surface area contributed by atoms with Gasteiger partial charge in [-0.15, -0.1) is 0 Å². The second-order valence-electron chi connectivity index (χ2n) is 3.77. The summed E-state index contributed by atoms with van der Waals surface area (Å²) in [5, 5.41) is 4.21. The molecule has 0 aromatic heterocycles. The summed E-state index contributed by atoms with van der Waals surface area (Å²) in [6, 6.07) is -0.724. The summed E-state index contributed by atoms with van der Waals surface area (Å²) in [7, 11) is 0. The minimum atomic E-state index is -0.803. The number of urea groups is 1. The van der Waals surface area contributed by atoms with Crippen molar-refractivity contribution < 1.29 is 14.4 Å². The third kappa shape index (κ3) is 1.91. The molecule has 80 valence electrons. The predicted molar refractivity (Wildman–Crippen MR) is 51.7 cm³/mol. The van der Waals surface area contributed by atoms with Gasteiger partial charge in [-0.3, -0.25) is 20.2 Å². The van der Waals surface area contributed by atoms with Gasteiger partial charge in [-0.05, 0) is 25.7 Å². The molecule has 0 bridgehead atoms. The fourth-order valence-electron chi connectivity index (χ4n) is 1.98. The molecule has 5 nitrogen and oxygen atoms in total. The molecule has 5 heteroatoms. The lowest BCUT2D eigenvalue weighted by atomic mass is 9.87. The summed E-state index contributed by atoms with van der Waals surface area (Å²) < 4.78 is 0. The van der Waals surface area contributed by atoms with Crippen LogP contribution >= 0.6 is 0 Å². The van der Waals surface area contributed by atoms with Crippen LogP contribution in [0.5, 0.6) is 0 Å². The third-order valence-electron chi connectivity index (χ3n) is 2.69.